The van der Waals surface area contributed by atoms with Gasteiger partial charge in [0.05, 0.1) is 6.61 Å². The number of hydrogen-bond donors (Lipinski definition) is 1. The van der Waals surface area contributed by atoms with Crippen LogP contribution >= 0.6 is 0 Å². The normalized spacial score (nSPS) is 21.4. The molecule has 7 heteroatoms. The van der Waals surface area contributed by atoms with Crippen molar-refractivity contribution < 1.29 is 33.6 Å². The van der Waals surface area contributed by atoms with Crippen LogP contribution in [-0.4, -0.2) is 49.4 Å². The summed E-state index contributed by atoms with van der Waals surface area (Å²) >= 11 is 0. The number of ether oxygens (including phenoxy) is 4. The van der Waals surface area contributed by atoms with Crippen LogP contribution in [0.25, 0.3) is 0 Å². The SMILES string of the molecule is CCCCC(CC)COCCOC(=O)OC1CCCCC1OC(=O)O. The highest BCUT2D eigenvalue weighted by atomic mass is 16.7. The zero-order valence-corrected chi connectivity index (χ0v) is 15.4. The monoisotopic (exact) mass is 360 g/mol. The van der Waals surface area contributed by atoms with Crippen molar-refractivity contribution >= 4 is 12.3 Å². The van der Waals surface area contributed by atoms with Gasteiger partial charge in [-0.2, -0.15) is 0 Å². The Morgan fingerprint density at radius 2 is 1.76 bits per heavy atom. The minimum absolute atomic E-state index is 0.125. The lowest BCUT2D eigenvalue weighted by Crippen LogP contribution is -2.37. The van der Waals surface area contributed by atoms with Gasteiger partial charge in [0.15, 0.2) is 0 Å². The van der Waals surface area contributed by atoms with Gasteiger partial charge >= 0.3 is 12.3 Å². The van der Waals surface area contributed by atoms with E-state index in [0.717, 1.165) is 25.7 Å². The van der Waals surface area contributed by atoms with E-state index in [0.29, 0.717) is 32.0 Å². The molecule has 0 saturated heterocycles. The van der Waals surface area contributed by atoms with E-state index in [2.05, 4.69) is 13.8 Å². The molecule has 25 heavy (non-hydrogen) atoms. The third-order valence-corrected chi connectivity index (χ3v) is 4.49. The molecule has 0 aromatic rings. The van der Waals surface area contributed by atoms with Crippen LogP contribution in [0.5, 0.6) is 0 Å². The molecule has 1 fully saturated rings. The van der Waals surface area contributed by atoms with Crippen molar-refractivity contribution in [2.45, 2.75) is 77.4 Å². The van der Waals surface area contributed by atoms with Crippen molar-refractivity contribution in [2.24, 2.45) is 5.92 Å². The van der Waals surface area contributed by atoms with E-state index in [9.17, 15) is 9.59 Å². The first-order valence-electron chi connectivity index (χ1n) is 9.37. The zero-order valence-electron chi connectivity index (χ0n) is 15.4. The van der Waals surface area contributed by atoms with E-state index in [4.69, 9.17) is 24.1 Å². The van der Waals surface area contributed by atoms with E-state index >= 15 is 0 Å². The van der Waals surface area contributed by atoms with Crippen LogP contribution in [0.2, 0.25) is 0 Å². The molecular formula is C18H32O7. The van der Waals surface area contributed by atoms with Crippen LogP contribution in [0.1, 0.15) is 65.2 Å². The number of unbranched alkanes of at least 4 members (excludes halogenated alkanes) is 1. The smallest absolute Gasteiger partial charge is 0.450 e. The van der Waals surface area contributed by atoms with Crippen LogP contribution in [0.4, 0.5) is 9.59 Å². The average molecular weight is 360 g/mol. The highest BCUT2D eigenvalue weighted by Gasteiger charge is 2.31. The first kappa shape index (κ1) is 21.5. The summed E-state index contributed by atoms with van der Waals surface area (Å²) in [4.78, 5) is 22.4. The van der Waals surface area contributed by atoms with Crippen molar-refractivity contribution in [3.8, 4) is 0 Å². The maximum atomic E-state index is 11.7. The van der Waals surface area contributed by atoms with Gasteiger partial charge in [-0.1, -0.05) is 33.1 Å². The Morgan fingerprint density at radius 3 is 2.36 bits per heavy atom. The van der Waals surface area contributed by atoms with Crippen molar-refractivity contribution in [3.05, 3.63) is 0 Å². The third kappa shape index (κ3) is 9.53. The molecular weight excluding hydrogens is 328 g/mol. The van der Waals surface area contributed by atoms with Gasteiger partial charge in [0.1, 0.15) is 18.8 Å². The van der Waals surface area contributed by atoms with Gasteiger partial charge in [0, 0.05) is 6.61 Å². The Hall–Kier alpha value is -1.50. The molecule has 3 unspecified atom stereocenters. The fraction of sp³-hybridized carbons (Fsp3) is 0.889. The lowest BCUT2D eigenvalue weighted by Gasteiger charge is -2.29. The van der Waals surface area contributed by atoms with Crippen LogP contribution < -0.4 is 0 Å². The van der Waals surface area contributed by atoms with E-state index in [1.807, 2.05) is 0 Å². The standard InChI is InChI=1S/C18H32O7/c1-3-5-8-14(4-2)13-22-11-12-23-18(21)25-16-10-7-6-9-15(16)24-17(19)20/h14-16H,3-13H2,1-2H3,(H,19,20). The summed E-state index contributed by atoms with van der Waals surface area (Å²) < 4.78 is 20.5. The van der Waals surface area contributed by atoms with Crippen molar-refractivity contribution in [3.63, 3.8) is 0 Å². The highest BCUT2D eigenvalue weighted by Crippen LogP contribution is 2.24. The molecule has 3 atom stereocenters. The third-order valence-electron chi connectivity index (χ3n) is 4.49. The maximum absolute atomic E-state index is 11.7. The molecule has 1 aliphatic carbocycles. The van der Waals surface area contributed by atoms with Gasteiger partial charge in [0.25, 0.3) is 0 Å². The van der Waals surface area contributed by atoms with E-state index < -0.39 is 24.5 Å². The molecule has 1 N–H and O–H groups in total. The van der Waals surface area contributed by atoms with Crippen LogP contribution in [0.3, 0.4) is 0 Å². The molecule has 0 bridgehead atoms. The lowest BCUT2D eigenvalue weighted by molar-refractivity contribution is -0.0682. The van der Waals surface area contributed by atoms with Crippen LogP contribution in [-0.2, 0) is 18.9 Å². The summed E-state index contributed by atoms with van der Waals surface area (Å²) in [6, 6.07) is 0. The first-order valence-corrected chi connectivity index (χ1v) is 9.37. The molecule has 7 nitrogen and oxygen atoms in total. The molecule has 0 heterocycles. The largest absolute Gasteiger partial charge is 0.508 e. The number of carbonyl (C=O) groups excluding carboxylic acids is 1. The van der Waals surface area contributed by atoms with Gasteiger partial charge in [-0.05, 0) is 38.0 Å². The second kappa shape index (κ2) is 12.8. The maximum Gasteiger partial charge on any atom is 0.508 e. The second-order valence-electron chi connectivity index (χ2n) is 6.45. The first-order chi connectivity index (χ1) is 12.1. The number of carbonyl (C=O) groups is 2. The van der Waals surface area contributed by atoms with Crippen molar-refractivity contribution in [1.29, 1.82) is 0 Å². The fourth-order valence-electron chi connectivity index (χ4n) is 2.95. The molecule has 0 aromatic carbocycles. The summed E-state index contributed by atoms with van der Waals surface area (Å²) in [6.07, 6.45) is 4.15. The van der Waals surface area contributed by atoms with E-state index in [1.165, 1.54) is 12.8 Å². The van der Waals surface area contributed by atoms with Gasteiger partial charge < -0.3 is 24.1 Å². The Morgan fingerprint density at radius 1 is 1.08 bits per heavy atom. The van der Waals surface area contributed by atoms with Gasteiger partial charge in [-0.25, -0.2) is 9.59 Å². The number of rotatable bonds is 11. The number of carboxylic acid groups (broad SMARTS) is 1. The second-order valence-corrected chi connectivity index (χ2v) is 6.45. The molecule has 0 spiro atoms. The van der Waals surface area contributed by atoms with Crippen LogP contribution in [0, 0.1) is 5.92 Å². The minimum atomic E-state index is -1.35. The van der Waals surface area contributed by atoms with Crippen molar-refractivity contribution in [1.82, 2.24) is 0 Å². The lowest BCUT2D eigenvalue weighted by atomic mass is 9.95. The summed E-state index contributed by atoms with van der Waals surface area (Å²) in [5.74, 6) is 0.545. The molecule has 1 saturated carbocycles. The zero-order chi connectivity index (χ0) is 18.5. The Bertz CT molecular complexity index is 386. The number of hydrogen-bond acceptors (Lipinski definition) is 6. The summed E-state index contributed by atoms with van der Waals surface area (Å²) in [5.41, 5.74) is 0. The average Bonchev–Trinajstić information content (AvgIpc) is 2.58. The molecule has 1 rings (SSSR count). The predicted octanol–water partition coefficient (Wildman–Crippen LogP) is 4.38. The Labute approximate surface area is 150 Å². The minimum Gasteiger partial charge on any atom is -0.450 e. The van der Waals surface area contributed by atoms with E-state index in [-0.39, 0.29) is 6.61 Å². The Kier molecular flexibility index (Phi) is 11.0. The van der Waals surface area contributed by atoms with Gasteiger partial charge in [-0.15, -0.1) is 0 Å². The van der Waals surface area contributed by atoms with Gasteiger partial charge in [0.2, 0.25) is 0 Å². The predicted molar refractivity (Wildman–Crippen MR) is 91.7 cm³/mol. The molecule has 0 radical (unpaired) electrons. The molecule has 1 aliphatic rings. The summed E-state index contributed by atoms with van der Waals surface area (Å²) in [7, 11) is 0. The van der Waals surface area contributed by atoms with E-state index in [1.54, 1.807) is 0 Å². The molecule has 146 valence electrons. The van der Waals surface area contributed by atoms with Crippen molar-refractivity contribution in [2.75, 3.05) is 19.8 Å². The molecule has 0 aliphatic heterocycles. The van der Waals surface area contributed by atoms with Gasteiger partial charge in [-0.3, -0.25) is 0 Å². The topological polar surface area (TPSA) is 91.3 Å². The highest BCUT2D eigenvalue weighted by molar-refractivity contribution is 5.60. The fourth-order valence-corrected chi connectivity index (χ4v) is 2.95. The quantitative estimate of drug-likeness (QED) is 0.432. The molecule has 0 amide bonds. The summed E-state index contributed by atoms with van der Waals surface area (Å²) in [6.45, 7) is 5.45. The van der Waals surface area contributed by atoms with Crippen LogP contribution in [0.15, 0.2) is 0 Å². The summed E-state index contributed by atoms with van der Waals surface area (Å²) in [5, 5.41) is 8.73. The molecule has 0 aromatic heterocycles. The Balaban J connectivity index is 2.17.